The quantitative estimate of drug-likeness (QED) is 0.768. The van der Waals surface area contributed by atoms with Crippen molar-refractivity contribution in [2.45, 2.75) is 50.9 Å². The predicted molar refractivity (Wildman–Crippen MR) is 76.2 cm³/mol. The summed E-state index contributed by atoms with van der Waals surface area (Å²) in [5.74, 6) is 0. The normalized spacial score (nSPS) is 21.5. The van der Waals surface area contributed by atoms with E-state index in [1.54, 1.807) is 0 Å². The largest absolute Gasteiger partial charge is 0.389 e. The number of nitrogens with one attached hydrogen (secondary N) is 1. The number of hydrogen-bond donors (Lipinski definition) is 1. The zero-order chi connectivity index (χ0) is 15.3. The molecule has 0 aliphatic heterocycles. The summed E-state index contributed by atoms with van der Waals surface area (Å²) in [5.41, 5.74) is 2.44. The summed E-state index contributed by atoms with van der Waals surface area (Å²) in [6.45, 7) is 3.12. The molecule has 2 rings (SSSR count). The molecule has 5 heteroatoms. The lowest BCUT2D eigenvalue weighted by molar-refractivity contribution is -0.139. The Bertz CT molecular complexity index is 447. The van der Waals surface area contributed by atoms with Gasteiger partial charge in [-0.2, -0.15) is 13.2 Å². The SMILES string of the molecule is CCCNC1c2ccccc2CC1OCCCC(F)(F)F. The number of hydrogen-bond acceptors (Lipinski definition) is 2. The molecule has 0 heterocycles. The molecule has 0 amide bonds. The lowest BCUT2D eigenvalue weighted by atomic mass is 10.1. The van der Waals surface area contributed by atoms with Gasteiger partial charge >= 0.3 is 6.18 Å². The van der Waals surface area contributed by atoms with Gasteiger partial charge in [-0.1, -0.05) is 31.2 Å². The van der Waals surface area contributed by atoms with E-state index in [-0.39, 0.29) is 25.2 Å². The standard InChI is InChI=1S/C16H22F3NO/c1-2-9-20-15-13-7-4-3-6-12(13)11-14(15)21-10-5-8-16(17,18)19/h3-4,6-7,14-15,20H,2,5,8-11H2,1H3. The van der Waals surface area contributed by atoms with Crippen molar-refractivity contribution >= 4 is 0 Å². The molecule has 0 radical (unpaired) electrons. The Balaban J connectivity index is 1.90. The highest BCUT2D eigenvalue weighted by Gasteiger charge is 2.33. The highest BCUT2D eigenvalue weighted by Crippen LogP contribution is 2.33. The zero-order valence-corrected chi connectivity index (χ0v) is 12.2. The van der Waals surface area contributed by atoms with Crippen molar-refractivity contribution in [2.24, 2.45) is 0 Å². The topological polar surface area (TPSA) is 21.3 Å². The Hall–Kier alpha value is -1.07. The van der Waals surface area contributed by atoms with Gasteiger partial charge in [0.15, 0.2) is 0 Å². The van der Waals surface area contributed by atoms with E-state index in [1.165, 1.54) is 11.1 Å². The second kappa shape index (κ2) is 7.27. The van der Waals surface area contributed by atoms with Gasteiger partial charge in [-0.3, -0.25) is 0 Å². The van der Waals surface area contributed by atoms with Gasteiger partial charge in [0.2, 0.25) is 0 Å². The number of alkyl halides is 3. The minimum atomic E-state index is -4.10. The van der Waals surface area contributed by atoms with Crippen LogP contribution in [0.5, 0.6) is 0 Å². The molecule has 2 nitrogen and oxygen atoms in total. The molecule has 0 saturated carbocycles. The van der Waals surface area contributed by atoms with Crippen molar-refractivity contribution in [2.75, 3.05) is 13.2 Å². The van der Waals surface area contributed by atoms with E-state index in [0.717, 1.165) is 19.4 Å². The summed E-state index contributed by atoms with van der Waals surface area (Å²) in [7, 11) is 0. The fraction of sp³-hybridized carbons (Fsp3) is 0.625. The molecule has 21 heavy (non-hydrogen) atoms. The number of ether oxygens (including phenoxy) is 1. The Morgan fingerprint density at radius 1 is 1.29 bits per heavy atom. The average Bonchev–Trinajstić information content (AvgIpc) is 2.78. The fourth-order valence-electron chi connectivity index (χ4n) is 2.76. The van der Waals surface area contributed by atoms with Gasteiger partial charge in [0.1, 0.15) is 0 Å². The highest BCUT2D eigenvalue weighted by molar-refractivity contribution is 5.36. The first kappa shape index (κ1) is 16.3. The summed E-state index contributed by atoms with van der Waals surface area (Å²) in [6, 6.07) is 8.20. The zero-order valence-electron chi connectivity index (χ0n) is 12.2. The van der Waals surface area contributed by atoms with Crippen molar-refractivity contribution < 1.29 is 17.9 Å². The molecule has 0 saturated heterocycles. The molecule has 1 aromatic carbocycles. The van der Waals surface area contributed by atoms with Crippen molar-refractivity contribution in [3.63, 3.8) is 0 Å². The smallest absolute Gasteiger partial charge is 0.376 e. The number of rotatable bonds is 7. The lowest BCUT2D eigenvalue weighted by Crippen LogP contribution is -2.31. The van der Waals surface area contributed by atoms with Gasteiger partial charge in [0.25, 0.3) is 0 Å². The van der Waals surface area contributed by atoms with E-state index in [9.17, 15) is 13.2 Å². The summed E-state index contributed by atoms with van der Waals surface area (Å²) < 4.78 is 42.2. The van der Waals surface area contributed by atoms with Gasteiger partial charge in [0.05, 0.1) is 12.1 Å². The average molecular weight is 301 g/mol. The van der Waals surface area contributed by atoms with Crippen LogP contribution in [0, 0.1) is 0 Å². The molecule has 0 bridgehead atoms. The Kier molecular flexibility index (Phi) is 5.65. The van der Waals surface area contributed by atoms with Crippen molar-refractivity contribution in [3.8, 4) is 0 Å². The van der Waals surface area contributed by atoms with E-state index in [2.05, 4.69) is 24.4 Å². The van der Waals surface area contributed by atoms with Gasteiger partial charge in [-0.15, -0.1) is 0 Å². The fourth-order valence-corrected chi connectivity index (χ4v) is 2.76. The minimum absolute atomic E-state index is 0.0246. The number of halogens is 3. The summed E-state index contributed by atoms with van der Waals surface area (Å²) >= 11 is 0. The van der Waals surface area contributed by atoms with Gasteiger partial charge < -0.3 is 10.1 Å². The van der Waals surface area contributed by atoms with Crippen molar-refractivity contribution in [1.82, 2.24) is 5.32 Å². The molecule has 0 aromatic heterocycles. The Morgan fingerprint density at radius 2 is 2.05 bits per heavy atom. The molecular formula is C16H22F3NO. The van der Waals surface area contributed by atoms with Crippen LogP contribution in [-0.4, -0.2) is 25.4 Å². The summed E-state index contributed by atoms with van der Waals surface area (Å²) in [5, 5.41) is 3.45. The maximum absolute atomic E-state index is 12.1. The van der Waals surface area contributed by atoms with Crippen molar-refractivity contribution in [1.29, 1.82) is 0 Å². The number of fused-ring (bicyclic) bond motifs is 1. The van der Waals surface area contributed by atoms with E-state index in [1.807, 2.05) is 12.1 Å². The molecule has 2 unspecified atom stereocenters. The maximum Gasteiger partial charge on any atom is 0.389 e. The molecule has 0 fully saturated rings. The van der Waals surface area contributed by atoms with Crippen LogP contribution in [0.15, 0.2) is 24.3 Å². The van der Waals surface area contributed by atoms with Crippen LogP contribution >= 0.6 is 0 Å². The molecule has 1 aliphatic rings. The maximum atomic E-state index is 12.1. The Labute approximate surface area is 123 Å². The van der Waals surface area contributed by atoms with Crippen LogP contribution < -0.4 is 5.32 Å². The van der Waals surface area contributed by atoms with E-state index in [4.69, 9.17) is 4.74 Å². The van der Waals surface area contributed by atoms with E-state index >= 15 is 0 Å². The third-order valence-electron chi connectivity index (χ3n) is 3.73. The molecule has 2 atom stereocenters. The van der Waals surface area contributed by atoms with Gasteiger partial charge in [0, 0.05) is 19.4 Å². The first-order chi connectivity index (χ1) is 10.0. The third kappa shape index (κ3) is 4.71. The van der Waals surface area contributed by atoms with Crippen LogP contribution in [0.3, 0.4) is 0 Å². The molecule has 118 valence electrons. The minimum Gasteiger partial charge on any atom is -0.376 e. The third-order valence-corrected chi connectivity index (χ3v) is 3.73. The van der Waals surface area contributed by atoms with Crippen LogP contribution in [0.4, 0.5) is 13.2 Å². The predicted octanol–water partition coefficient (Wildman–Crippen LogP) is 4.01. The first-order valence-electron chi connectivity index (χ1n) is 7.51. The van der Waals surface area contributed by atoms with Crippen LogP contribution in [0.1, 0.15) is 43.4 Å². The molecule has 1 aliphatic carbocycles. The van der Waals surface area contributed by atoms with Crippen molar-refractivity contribution in [3.05, 3.63) is 35.4 Å². The van der Waals surface area contributed by atoms with E-state index < -0.39 is 12.6 Å². The summed E-state index contributed by atoms with van der Waals surface area (Å²) in [6.07, 6.45) is -3.14. The highest BCUT2D eigenvalue weighted by atomic mass is 19.4. The second-order valence-corrected chi connectivity index (χ2v) is 5.46. The first-order valence-corrected chi connectivity index (χ1v) is 7.51. The molecule has 1 N–H and O–H groups in total. The van der Waals surface area contributed by atoms with Crippen LogP contribution in [-0.2, 0) is 11.2 Å². The van der Waals surface area contributed by atoms with Gasteiger partial charge in [-0.05, 0) is 30.5 Å². The molecule has 0 spiro atoms. The van der Waals surface area contributed by atoms with Gasteiger partial charge in [-0.25, -0.2) is 0 Å². The molecular weight excluding hydrogens is 279 g/mol. The summed E-state index contributed by atoms with van der Waals surface area (Å²) in [4.78, 5) is 0. The lowest BCUT2D eigenvalue weighted by Gasteiger charge is -2.22. The van der Waals surface area contributed by atoms with Crippen LogP contribution in [0.25, 0.3) is 0 Å². The molecule has 1 aromatic rings. The second-order valence-electron chi connectivity index (χ2n) is 5.46. The monoisotopic (exact) mass is 301 g/mol. The Morgan fingerprint density at radius 3 is 2.76 bits per heavy atom. The van der Waals surface area contributed by atoms with E-state index in [0.29, 0.717) is 0 Å². The number of benzene rings is 1. The van der Waals surface area contributed by atoms with Crippen LogP contribution in [0.2, 0.25) is 0 Å².